The Labute approximate surface area is 149 Å². The Balaban J connectivity index is 2.14. The summed E-state index contributed by atoms with van der Waals surface area (Å²) in [5.74, 6) is -0.225. The molecule has 0 saturated carbocycles. The number of amides is 2. The van der Waals surface area contributed by atoms with Gasteiger partial charge >= 0.3 is 5.97 Å². The average molecular weight is 365 g/mol. The van der Waals surface area contributed by atoms with Gasteiger partial charge in [-0.05, 0) is 48.9 Å². The molecule has 0 spiro atoms. The lowest BCUT2D eigenvalue weighted by molar-refractivity contribution is -0.137. The van der Waals surface area contributed by atoms with E-state index in [9.17, 15) is 14.4 Å². The zero-order valence-corrected chi connectivity index (χ0v) is 14.8. The SMILES string of the molecule is CCOc1ccc(C=C2SC(=O)N(CCCC(=O)O)C2=O)cc1OC. The predicted octanol–water partition coefficient (Wildman–Crippen LogP) is 3.00. The number of imide groups is 1. The largest absolute Gasteiger partial charge is 0.493 e. The first-order valence-corrected chi connectivity index (χ1v) is 8.56. The summed E-state index contributed by atoms with van der Waals surface area (Å²) in [7, 11) is 1.53. The maximum Gasteiger partial charge on any atom is 0.303 e. The third kappa shape index (κ3) is 4.76. The Bertz CT molecular complexity index is 715. The molecule has 0 atom stereocenters. The van der Waals surface area contributed by atoms with Crippen molar-refractivity contribution in [3.05, 3.63) is 28.7 Å². The zero-order chi connectivity index (χ0) is 18.4. The van der Waals surface area contributed by atoms with E-state index in [4.69, 9.17) is 14.6 Å². The minimum atomic E-state index is -0.955. The molecular weight excluding hydrogens is 346 g/mol. The molecule has 25 heavy (non-hydrogen) atoms. The van der Waals surface area contributed by atoms with Crippen LogP contribution < -0.4 is 9.47 Å². The number of ether oxygens (including phenoxy) is 2. The summed E-state index contributed by atoms with van der Waals surface area (Å²) in [6.07, 6.45) is 1.76. The van der Waals surface area contributed by atoms with Gasteiger partial charge in [-0.3, -0.25) is 19.3 Å². The Morgan fingerprint density at radius 2 is 2.08 bits per heavy atom. The molecule has 1 aliphatic rings. The van der Waals surface area contributed by atoms with E-state index < -0.39 is 11.9 Å². The van der Waals surface area contributed by atoms with E-state index in [0.29, 0.717) is 28.6 Å². The van der Waals surface area contributed by atoms with Crippen molar-refractivity contribution >= 4 is 35.0 Å². The van der Waals surface area contributed by atoms with E-state index in [2.05, 4.69) is 0 Å². The molecule has 0 aromatic heterocycles. The lowest BCUT2D eigenvalue weighted by atomic mass is 10.2. The van der Waals surface area contributed by atoms with Crippen LogP contribution in [0.5, 0.6) is 11.5 Å². The fourth-order valence-electron chi connectivity index (χ4n) is 2.28. The molecule has 1 aromatic carbocycles. The fourth-order valence-corrected chi connectivity index (χ4v) is 3.15. The van der Waals surface area contributed by atoms with Crippen LogP contribution in [0, 0.1) is 0 Å². The van der Waals surface area contributed by atoms with Crippen molar-refractivity contribution in [2.45, 2.75) is 19.8 Å². The summed E-state index contributed by atoms with van der Waals surface area (Å²) in [5, 5.41) is 8.26. The van der Waals surface area contributed by atoms with Gasteiger partial charge in [0, 0.05) is 13.0 Å². The highest BCUT2D eigenvalue weighted by molar-refractivity contribution is 8.18. The maximum absolute atomic E-state index is 12.3. The Kier molecular flexibility index (Phi) is 6.46. The van der Waals surface area contributed by atoms with E-state index in [1.54, 1.807) is 24.3 Å². The molecule has 7 nitrogen and oxygen atoms in total. The van der Waals surface area contributed by atoms with Crippen molar-refractivity contribution in [1.29, 1.82) is 0 Å². The quantitative estimate of drug-likeness (QED) is 0.708. The second-order valence-electron chi connectivity index (χ2n) is 5.17. The number of rotatable bonds is 8. The molecule has 1 saturated heterocycles. The van der Waals surface area contributed by atoms with Crippen LogP contribution in [0.25, 0.3) is 6.08 Å². The van der Waals surface area contributed by atoms with E-state index in [1.165, 1.54) is 7.11 Å². The van der Waals surface area contributed by atoms with Crippen molar-refractivity contribution < 1.29 is 29.0 Å². The summed E-state index contributed by atoms with van der Waals surface area (Å²) in [5.41, 5.74) is 0.705. The molecule has 0 bridgehead atoms. The Morgan fingerprint density at radius 1 is 1.32 bits per heavy atom. The number of hydrogen-bond acceptors (Lipinski definition) is 6. The summed E-state index contributed by atoms with van der Waals surface area (Å²) >= 11 is 0.842. The fraction of sp³-hybridized carbons (Fsp3) is 0.353. The van der Waals surface area contributed by atoms with Crippen LogP contribution in [-0.4, -0.2) is 47.4 Å². The van der Waals surface area contributed by atoms with Crippen molar-refractivity contribution in [2.75, 3.05) is 20.3 Å². The van der Waals surface area contributed by atoms with Gasteiger partial charge in [0.05, 0.1) is 18.6 Å². The number of hydrogen-bond donors (Lipinski definition) is 1. The maximum atomic E-state index is 12.3. The summed E-state index contributed by atoms with van der Waals surface area (Å²) in [6.45, 7) is 2.47. The van der Waals surface area contributed by atoms with Crippen LogP contribution in [0.1, 0.15) is 25.3 Å². The molecule has 1 aromatic rings. The Hall–Kier alpha value is -2.48. The first-order valence-electron chi connectivity index (χ1n) is 7.74. The normalized spacial score (nSPS) is 15.8. The topological polar surface area (TPSA) is 93.1 Å². The summed E-state index contributed by atoms with van der Waals surface area (Å²) in [4.78, 5) is 36.2. The molecule has 1 N–H and O–H groups in total. The van der Waals surface area contributed by atoms with E-state index in [0.717, 1.165) is 16.7 Å². The molecule has 2 amide bonds. The predicted molar refractivity (Wildman–Crippen MR) is 93.7 cm³/mol. The lowest BCUT2D eigenvalue weighted by Crippen LogP contribution is -2.29. The third-order valence-electron chi connectivity index (χ3n) is 3.43. The van der Waals surface area contributed by atoms with Crippen LogP contribution in [0.4, 0.5) is 4.79 Å². The van der Waals surface area contributed by atoms with Gasteiger partial charge in [-0.15, -0.1) is 0 Å². The summed E-state index contributed by atoms with van der Waals surface area (Å²) < 4.78 is 10.7. The van der Waals surface area contributed by atoms with Gasteiger partial charge in [-0.2, -0.15) is 0 Å². The Morgan fingerprint density at radius 3 is 2.72 bits per heavy atom. The molecule has 2 rings (SSSR count). The molecule has 134 valence electrons. The summed E-state index contributed by atoms with van der Waals surface area (Å²) in [6, 6.07) is 5.24. The van der Waals surface area contributed by atoms with Crippen molar-refractivity contribution in [2.24, 2.45) is 0 Å². The van der Waals surface area contributed by atoms with Gasteiger partial charge in [0.25, 0.3) is 11.1 Å². The van der Waals surface area contributed by atoms with E-state index in [1.807, 2.05) is 6.92 Å². The highest BCUT2D eigenvalue weighted by Crippen LogP contribution is 2.34. The minimum absolute atomic E-state index is 0.0864. The van der Waals surface area contributed by atoms with Gasteiger partial charge in [-0.1, -0.05) is 6.07 Å². The number of nitrogens with zero attached hydrogens (tertiary/aromatic N) is 1. The number of methoxy groups -OCH3 is 1. The smallest absolute Gasteiger partial charge is 0.303 e. The first-order chi connectivity index (χ1) is 12.0. The second kappa shape index (κ2) is 8.57. The molecule has 0 aliphatic carbocycles. The van der Waals surface area contributed by atoms with E-state index in [-0.39, 0.29) is 24.6 Å². The number of carboxylic acid groups (broad SMARTS) is 1. The van der Waals surface area contributed by atoms with Gasteiger partial charge in [0.15, 0.2) is 11.5 Å². The van der Waals surface area contributed by atoms with Gasteiger partial charge < -0.3 is 14.6 Å². The van der Waals surface area contributed by atoms with Gasteiger partial charge in [-0.25, -0.2) is 0 Å². The molecule has 0 unspecified atom stereocenters. The highest BCUT2D eigenvalue weighted by atomic mass is 32.2. The zero-order valence-electron chi connectivity index (χ0n) is 14.0. The second-order valence-corrected chi connectivity index (χ2v) is 6.17. The van der Waals surface area contributed by atoms with Gasteiger partial charge in [0.2, 0.25) is 0 Å². The van der Waals surface area contributed by atoms with Crippen LogP contribution in [0.15, 0.2) is 23.1 Å². The third-order valence-corrected chi connectivity index (χ3v) is 4.34. The van der Waals surface area contributed by atoms with Crippen molar-refractivity contribution in [1.82, 2.24) is 4.90 Å². The minimum Gasteiger partial charge on any atom is -0.493 e. The van der Waals surface area contributed by atoms with E-state index >= 15 is 0 Å². The number of aliphatic carboxylic acids is 1. The number of benzene rings is 1. The standard InChI is InChI=1S/C17H19NO6S/c1-3-24-12-7-6-11(9-13(12)23-2)10-14-16(21)18(17(22)25-14)8-4-5-15(19)20/h6-7,9-10H,3-5,8H2,1-2H3,(H,19,20). The van der Waals surface area contributed by atoms with Gasteiger partial charge in [0.1, 0.15) is 0 Å². The van der Waals surface area contributed by atoms with Crippen LogP contribution in [0.2, 0.25) is 0 Å². The monoisotopic (exact) mass is 365 g/mol. The first kappa shape index (κ1) is 18.9. The van der Waals surface area contributed by atoms with Crippen molar-refractivity contribution in [3.8, 4) is 11.5 Å². The average Bonchev–Trinajstić information content (AvgIpc) is 2.83. The molecule has 0 radical (unpaired) electrons. The van der Waals surface area contributed by atoms with Crippen LogP contribution >= 0.6 is 11.8 Å². The van der Waals surface area contributed by atoms with Crippen LogP contribution in [-0.2, 0) is 9.59 Å². The molecule has 1 aliphatic heterocycles. The van der Waals surface area contributed by atoms with Crippen LogP contribution in [0.3, 0.4) is 0 Å². The molecule has 1 fully saturated rings. The number of carboxylic acids is 1. The number of carbonyl (C=O) groups is 3. The van der Waals surface area contributed by atoms with Crippen molar-refractivity contribution in [3.63, 3.8) is 0 Å². The molecule has 8 heteroatoms. The molecular formula is C17H19NO6S. The lowest BCUT2D eigenvalue weighted by Gasteiger charge is -2.11. The number of carbonyl (C=O) groups excluding carboxylic acids is 2. The molecule has 1 heterocycles. The number of thioether (sulfide) groups is 1. The highest BCUT2D eigenvalue weighted by Gasteiger charge is 2.34.